The first-order valence-corrected chi connectivity index (χ1v) is 5.71. The number of carboxylic acid groups (broad SMARTS) is 2. The fourth-order valence-electron chi connectivity index (χ4n) is 1.97. The van der Waals surface area contributed by atoms with Crippen molar-refractivity contribution < 1.29 is 19.8 Å². The largest absolute Gasteiger partial charge is 0.549 e. The van der Waals surface area contributed by atoms with Gasteiger partial charge >= 0.3 is 0 Å². The Morgan fingerprint density at radius 1 is 1.21 bits per heavy atom. The third-order valence-corrected chi connectivity index (χ3v) is 3.06. The predicted octanol–water partition coefficient (Wildman–Crippen LogP) is -0.152. The summed E-state index contributed by atoms with van der Waals surface area (Å²) in [5.41, 5.74) is -1.56. The smallest absolute Gasteiger partial charge is 0.0678 e. The highest BCUT2D eigenvalue weighted by Gasteiger charge is 2.34. The van der Waals surface area contributed by atoms with Gasteiger partial charge in [0.25, 0.3) is 0 Å². The molecule has 0 N–H and O–H groups in total. The molecule has 0 amide bonds. The molecule has 0 aliphatic heterocycles. The molecule has 1 aromatic rings. The average molecular weight is 258 g/mol. The van der Waals surface area contributed by atoms with E-state index in [0.29, 0.717) is 5.56 Å². The number of allylic oxidation sites excluding steroid dienone is 1. The quantitative estimate of drug-likeness (QED) is 0.503. The van der Waals surface area contributed by atoms with E-state index >= 15 is 0 Å². The van der Waals surface area contributed by atoms with E-state index in [9.17, 15) is 19.8 Å². The first kappa shape index (κ1) is 14.7. The van der Waals surface area contributed by atoms with Gasteiger partial charge in [-0.25, -0.2) is 0 Å². The minimum absolute atomic E-state index is 0.0327. The minimum Gasteiger partial charge on any atom is -0.549 e. The van der Waals surface area contributed by atoms with Crippen LogP contribution in [0.5, 0.6) is 0 Å². The molecule has 0 fully saturated rings. The molecule has 0 radical (unpaired) electrons. The molecule has 1 rings (SSSR count). The summed E-state index contributed by atoms with van der Waals surface area (Å²) in [5, 5.41) is 22.4. The van der Waals surface area contributed by atoms with E-state index in [1.54, 1.807) is 30.3 Å². The number of carbonyl (C=O) groups excluding carboxylic acids is 2. The van der Waals surface area contributed by atoms with Crippen LogP contribution in [0.2, 0.25) is 0 Å². The van der Waals surface area contributed by atoms with Crippen molar-refractivity contribution in [1.82, 2.24) is 0 Å². The van der Waals surface area contributed by atoms with Gasteiger partial charge in [0.05, 0.1) is 11.9 Å². The summed E-state index contributed by atoms with van der Waals surface area (Å²) in [6.07, 6.45) is 1.22. The van der Waals surface area contributed by atoms with E-state index in [1.165, 1.54) is 6.08 Å². The summed E-state index contributed by atoms with van der Waals surface area (Å²) in [6.45, 7) is 6.80. The molecule has 0 spiro atoms. The molecule has 19 heavy (non-hydrogen) atoms. The molecule has 0 bridgehead atoms. The second-order valence-electron chi connectivity index (χ2n) is 4.29. The Morgan fingerprint density at radius 3 is 2.21 bits per heavy atom. The maximum atomic E-state index is 11.5. The highest BCUT2D eigenvalue weighted by molar-refractivity contribution is 5.94. The molecule has 100 valence electrons. The van der Waals surface area contributed by atoms with Crippen molar-refractivity contribution in [2.45, 2.75) is 12.8 Å². The summed E-state index contributed by atoms with van der Waals surface area (Å²) >= 11 is 0. The summed E-state index contributed by atoms with van der Waals surface area (Å²) < 4.78 is 0. The Labute approximate surface area is 111 Å². The Morgan fingerprint density at radius 2 is 1.79 bits per heavy atom. The van der Waals surface area contributed by atoms with E-state index in [4.69, 9.17) is 0 Å². The van der Waals surface area contributed by atoms with Gasteiger partial charge < -0.3 is 19.8 Å². The summed E-state index contributed by atoms with van der Waals surface area (Å²) in [5.74, 6) is -3.09. The second-order valence-corrected chi connectivity index (χ2v) is 4.29. The first-order chi connectivity index (χ1) is 8.94. The lowest BCUT2D eigenvalue weighted by Gasteiger charge is -2.36. The number of hydrogen-bond acceptors (Lipinski definition) is 4. The van der Waals surface area contributed by atoms with Gasteiger partial charge in [0.15, 0.2) is 0 Å². The normalized spacial score (nSPS) is 13.3. The molecule has 0 saturated carbocycles. The summed E-state index contributed by atoms with van der Waals surface area (Å²) in [6, 6.07) is 8.69. The average Bonchev–Trinajstić information content (AvgIpc) is 2.38. The van der Waals surface area contributed by atoms with Crippen LogP contribution in [-0.2, 0) is 16.0 Å². The molecule has 4 nitrogen and oxygen atoms in total. The zero-order chi connectivity index (χ0) is 14.5. The van der Waals surface area contributed by atoms with Gasteiger partial charge in [0, 0.05) is 5.41 Å². The van der Waals surface area contributed by atoms with E-state index < -0.39 is 22.9 Å². The number of benzene rings is 1. The Kier molecular flexibility index (Phi) is 4.64. The molecule has 1 unspecified atom stereocenters. The minimum atomic E-state index is -1.73. The van der Waals surface area contributed by atoms with E-state index in [2.05, 4.69) is 13.2 Å². The molecule has 1 aromatic carbocycles. The number of rotatable bonds is 7. The number of hydrogen-bond donors (Lipinski definition) is 0. The van der Waals surface area contributed by atoms with Gasteiger partial charge in [-0.2, -0.15) is 0 Å². The highest BCUT2D eigenvalue weighted by Crippen LogP contribution is 2.34. The van der Waals surface area contributed by atoms with Crippen LogP contribution in [0, 0.1) is 5.41 Å². The Hall–Kier alpha value is -2.36. The molecule has 4 heteroatoms. The van der Waals surface area contributed by atoms with Crippen molar-refractivity contribution in [2.75, 3.05) is 0 Å². The third-order valence-electron chi connectivity index (χ3n) is 3.06. The van der Waals surface area contributed by atoms with Crippen LogP contribution in [-0.4, -0.2) is 11.9 Å². The molecule has 0 heterocycles. The van der Waals surface area contributed by atoms with Gasteiger partial charge in [0.2, 0.25) is 0 Å². The number of aliphatic carboxylic acids is 2. The van der Waals surface area contributed by atoms with Crippen molar-refractivity contribution in [3.63, 3.8) is 0 Å². The molecular weight excluding hydrogens is 244 g/mol. The van der Waals surface area contributed by atoms with Gasteiger partial charge in [0.1, 0.15) is 0 Å². The van der Waals surface area contributed by atoms with Crippen LogP contribution < -0.4 is 10.2 Å². The monoisotopic (exact) mass is 258 g/mol. The fourth-order valence-corrected chi connectivity index (χ4v) is 1.97. The summed E-state index contributed by atoms with van der Waals surface area (Å²) in [4.78, 5) is 22.4. The van der Waals surface area contributed by atoms with Crippen molar-refractivity contribution in [3.05, 3.63) is 60.7 Å². The lowest BCUT2D eigenvalue weighted by molar-refractivity contribution is -0.321. The maximum Gasteiger partial charge on any atom is 0.0678 e. The van der Waals surface area contributed by atoms with Gasteiger partial charge in [-0.1, -0.05) is 43.0 Å². The van der Waals surface area contributed by atoms with Crippen LogP contribution >= 0.6 is 0 Å². The molecule has 1 atom stereocenters. The Bertz CT molecular complexity index is 504. The zero-order valence-corrected chi connectivity index (χ0v) is 10.4. The second kappa shape index (κ2) is 6.00. The summed E-state index contributed by atoms with van der Waals surface area (Å²) in [7, 11) is 0. The number of carbonyl (C=O) groups is 2. The van der Waals surface area contributed by atoms with Crippen LogP contribution in [0.3, 0.4) is 0 Å². The lowest BCUT2D eigenvalue weighted by Crippen LogP contribution is -2.48. The highest BCUT2D eigenvalue weighted by atomic mass is 16.4. The molecule has 0 aromatic heterocycles. The van der Waals surface area contributed by atoms with E-state index in [1.807, 2.05) is 0 Å². The molecular formula is C15H14O4-2. The Balaban J connectivity index is 3.24. The van der Waals surface area contributed by atoms with Gasteiger partial charge in [-0.15, -0.1) is 6.58 Å². The third kappa shape index (κ3) is 3.10. The lowest BCUT2D eigenvalue weighted by atomic mass is 9.73. The SMILES string of the molecule is C=CCC(Cc1ccccc1)(C(=C)C(=O)[O-])C(=O)[O-]. The van der Waals surface area contributed by atoms with Crippen molar-refractivity contribution >= 4 is 11.9 Å². The van der Waals surface area contributed by atoms with Crippen LogP contribution in [0.15, 0.2) is 55.1 Å². The molecule has 0 saturated heterocycles. The molecule has 0 aliphatic rings. The topological polar surface area (TPSA) is 80.3 Å². The van der Waals surface area contributed by atoms with Crippen molar-refractivity contribution in [1.29, 1.82) is 0 Å². The van der Waals surface area contributed by atoms with Crippen LogP contribution in [0.4, 0.5) is 0 Å². The maximum absolute atomic E-state index is 11.5. The van der Waals surface area contributed by atoms with Crippen LogP contribution in [0.1, 0.15) is 12.0 Å². The van der Waals surface area contributed by atoms with Gasteiger partial charge in [-0.3, -0.25) is 0 Å². The molecule has 0 aliphatic carbocycles. The van der Waals surface area contributed by atoms with Crippen LogP contribution in [0.25, 0.3) is 0 Å². The standard InChI is InChI=1S/C15H16O4/c1-3-9-15(14(18)19,11(2)13(16)17)10-12-7-5-4-6-8-12/h3-8H,1-2,9-10H2,(H,16,17)(H,18,19)/p-2. The predicted molar refractivity (Wildman–Crippen MR) is 66.5 cm³/mol. The van der Waals surface area contributed by atoms with E-state index in [-0.39, 0.29) is 12.8 Å². The van der Waals surface area contributed by atoms with Crippen molar-refractivity contribution in [3.8, 4) is 0 Å². The van der Waals surface area contributed by atoms with Gasteiger partial charge in [-0.05, 0) is 24.0 Å². The van der Waals surface area contributed by atoms with E-state index in [0.717, 1.165) is 0 Å². The zero-order valence-electron chi connectivity index (χ0n) is 10.4. The van der Waals surface area contributed by atoms with Crippen molar-refractivity contribution in [2.24, 2.45) is 5.41 Å². The number of carboxylic acids is 2. The fraction of sp³-hybridized carbons (Fsp3) is 0.200. The first-order valence-electron chi connectivity index (χ1n) is 5.71.